The van der Waals surface area contributed by atoms with Gasteiger partial charge < -0.3 is 15.6 Å². The van der Waals surface area contributed by atoms with Gasteiger partial charge in [0.05, 0.1) is 0 Å². The summed E-state index contributed by atoms with van der Waals surface area (Å²) >= 11 is 5.97. The van der Waals surface area contributed by atoms with E-state index >= 15 is 0 Å². The summed E-state index contributed by atoms with van der Waals surface area (Å²) < 4.78 is 0. The molecular weight excluding hydrogens is 350 g/mol. The first kappa shape index (κ1) is 18.0. The van der Waals surface area contributed by atoms with Crippen LogP contribution in [0.1, 0.15) is 41.6 Å². The second-order valence-electron chi connectivity index (χ2n) is 7.15. The van der Waals surface area contributed by atoms with Crippen molar-refractivity contribution in [3.63, 3.8) is 0 Å². The zero-order valence-electron chi connectivity index (χ0n) is 14.8. The van der Waals surface area contributed by atoms with Crippen molar-refractivity contribution in [3.05, 3.63) is 64.8 Å². The number of hydrogen-bond donors (Lipinski definition) is 3. The van der Waals surface area contributed by atoms with E-state index in [0.29, 0.717) is 22.0 Å². The lowest BCUT2D eigenvalue weighted by atomic mass is 10.1. The first-order chi connectivity index (χ1) is 12.2. The molecule has 1 aromatic heterocycles. The fraction of sp³-hybridized carbons (Fsp3) is 0.200. The quantitative estimate of drug-likeness (QED) is 0.631. The Labute approximate surface area is 156 Å². The highest BCUT2D eigenvalue weighted by Crippen LogP contribution is 2.21. The van der Waals surface area contributed by atoms with Crippen LogP contribution in [0, 0.1) is 0 Å². The maximum atomic E-state index is 12.4. The number of anilines is 1. The van der Waals surface area contributed by atoms with Crippen molar-refractivity contribution in [1.29, 1.82) is 0 Å². The summed E-state index contributed by atoms with van der Waals surface area (Å²) in [4.78, 5) is 27.6. The molecule has 0 saturated heterocycles. The minimum Gasteiger partial charge on any atom is -0.351 e. The number of aromatic amines is 1. The Bertz CT molecular complexity index is 969. The van der Waals surface area contributed by atoms with Crippen molar-refractivity contribution >= 4 is 40.0 Å². The lowest BCUT2D eigenvalue weighted by Gasteiger charge is -2.20. The van der Waals surface area contributed by atoms with Crippen molar-refractivity contribution in [2.75, 3.05) is 5.32 Å². The molecule has 2 amide bonds. The van der Waals surface area contributed by atoms with Crippen LogP contribution in [0.2, 0.25) is 5.02 Å². The van der Waals surface area contributed by atoms with Crippen LogP contribution in [0.25, 0.3) is 10.9 Å². The van der Waals surface area contributed by atoms with Gasteiger partial charge in [-0.1, -0.05) is 11.6 Å². The molecule has 3 aromatic rings. The summed E-state index contributed by atoms with van der Waals surface area (Å²) in [5.41, 5.74) is 2.13. The lowest BCUT2D eigenvalue weighted by Crippen LogP contribution is -2.40. The maximum absolute atomic E-state index is 12.4. The van der Waals surface area contributed by atoms with E-state index in [1.54, 1.807) is 42.5 Å². The van der Waals surface area contributed by atoms with Gasteiger partial charge in [-0.05, 0) is 69.3 Å². The SMILES string of the molecule is CC(C)(C)NC(=O)c1ccc(NC(=O)c2cc3cc(Cl)ccc3[nH]2)cc1. The summed E-state index contributed by atoms with van der Waals surface area (Å²) in [5, 5.41) is 7.20. The number of nitrogens with one attached hydrogen (secondary N) is 3. The van der Waals surface area contributed by atoms with Crippen molar-refractivity contribution in [2.24, 2.45) is 0 Å². The Morgan fingerprint density at radius 2 is 1.65 bits per heavy atom. The van der Waals surface area contributed by atoms with Crippen molar-refractivity contribution in [3.8, 4) is 0 Å². The van der Waals surface area contributed by atoms with E-state index in [0.717, 1.165) is 10.9 Å². The molecule has 3 rings (SSSR count). The first-order valence-corrected chi connectivity index (χ1v) is 8.61. The van der Waals surface area contributed by atoms with E-state index in [1.165, 1.54) is 0 Å². The zero-order valence-corrected chi connectivity index (χ0v) is 15.6. The fourth-order valence-electron chi connectivity index (χ4n) is 2.54. The third-order valence-electron chi connectivity index (χ3n) is 3.72. The normalized spacial score (nSPS) is 11.4. The highest BCUT2D eigenvalue weighted by Gasteiger charge is 2.15. The fourth-order valence-corrected chi connectivity index (χ4v) is 2.72. The molecule has 0 atom stereocenters. The summed E-state index contributed by atoms with van der Waals surface area (Å²) in [7, 11) is 0. The van der Waals surface area contributed by atoms with E-state index in [1.807, 2.05) is 26.8 Å². The highest BCUT2D eigenvalue weighted by atomic mass is 35.5. The second-order valence-corrected chi connectivity index (χ2v) is 7.59. The van der Waals surface area contributed by atoms with Gasteiger partial charge in [0.2, 0.25) is 0 Å². The van der Waals surface area contributed by atoms with Gasteiger partial charge in [0.25, 0.3) is 11.8 Å². The molecule has 0 spiro atoms. The number of hydrogen-bond acceptors (Lipinski definition) is 2. The number of halogens is 1. The van der Waals surface area contributed by atoms with Gasteiger partial charge in [-0.15, -0.1) is 0 Å². The van der Waals surface area contributed by atoms with E-state index in [4.69, 9.17) is 11.6 Å². The Hall–Kier alpha value is -2.79. The van der Waals surface area contributed by atoms with Crippen molar-refractivity contribution in [1.82, 2.24) is 10.3 Å². The summed E-state index contributed by atoms with van der Waals surface area (Å²) in [5.74, 6) is -0.410. The molecule has 26 heavy (non-hydrogen) atoms. The van der Waals surface area contributed by atoms with Crippen LogP contribution < -0.4 is 10.6 Å². The highest BCUT2D eigenvalue weighted by molar-refractivity contribution is 6.31. The van der Waals surface area contributed by atoms with E-state index in [2.05, 4.69) is 15.6 Å². The average molecular weight is 370 g/mol. The number of aromatic nitrogens is 1. The number of carbonyl (C=O) groups excluding carboxylic acids is 2. The first-order valence-electron chi connectivity index (χ1n) is 8.23. The Balaban J connectivity index is 1.71. The lowest BCUT2D eigenvalue weighted by molar-refractivity contribution is 0.0919. The number of H-pyrrole nitrogens is 1. The van der Waals surface area contributed by atoms with E-state index < -0.39 is 0 Å². The standard InChI is InChI=1S/C20H20ClN3O2/c1-20(2,3)24-18(25)12-4-7-15(8-5-12)22-19(26)17-11-13-10-14(21)6-9-16(13)23-17/h4-11,23H,1-3H3,(H,22,26)(H,24,25). The van der Waals surface area contributed by atoms with Crippen LogP contribution in [0.3, 0.4) is 0 Å². The van der Waals surface area contributed by atoms with Gasteiger partial charge in [-0.2, -0.15) is 0 Å². The molecule has 0 radical (unpaired) electrons. The van der Waals surface area contributed by atoms with Gasteiger partial charge in [0.1, 0.15) is 5.69 Å². The van der Waals surface area contributed by atoms with Gasteiger partial charge in [0.15, 0.2) is 0 Å². The number of fused-ring (bicyclic) bond motifs is 1. The molecule has 0 aliphatic rings. The van der Waals surface area contributed by atoms with Crippen LogP contribution in [0.15, 0.2) is 48.5 Å². The molecule has 0 saturated carbocycles. The Kier molecular flexibility index (Phi) is 4.74. The Morgan fingerprint density at radius 1 is 0.962 bits per heavy atom. The summed E-state index contributed by atoms with van der Waals surface area (Å²) in [6.07, 6.45) is 0. The summed E-state index contributed by atoms with van der Waals surface area (Å²) in [6.45, 7) is 5.77. The number of amides is 2. The molecule has 6 heteroatoms. The van der Waals surface area contributed by atoms with Crippen LogP contribution in [-0.2, 0) is 0 Å². The minimum atomic E-state index is -0.303. The van der Waals surface area contributed by atoms with Crippen LogP contribution >= 0.6 is 11.6 Å². The number of carbonyl (C=O) groups is 2. The molecule has 0 aliphatic heterocycles. The predicted octanol–water partition coefficient (Wildman–Crippen LogP) is 4.60. The molecule has 2 aromatic carbocycles. The molecule has 0 unspecified atom stereocenters. The van der Waals surface area contributed by atoms with Crippen LogP contribution in [-0.4, -0.2) is 22.3 Å². The van der Waals surface area contributed by atoms with Gasteiger partial charge in [-0.3, -0.25) is 9.59 Å². The molecule has 0 aliphatic carbocycles. The van der Waals surface area contributed by atoms with Gasteiger partial charge >= 0.3 is 0 Å². The van der Waals surface area contributed by atoms with Crippen molar-refractivity contribution in [2.45, 2.75) is 26.3 Å². The molecule has 3 N–H and O–H groups in total. The van der Waals surface area contributed by atoms with Crippen LogP contribution in [0.4, 0.5) is 5.69 Å². The van der Waals surface area contributed by atoms with Gasteiger partial charge in [-0.25, -0.2) is 0 Å². The maximum Gasteiger partial charge on any atom is 0.272 e. The molecule has 5 nitrogen and oxygen atoms in total. The smallest absolute Gasteiger partial charge is 0.272 e. The number of rotatable bonds is 3. The monoisotopic (exact) mass is 369 g/mol. The van der Waals surface area contributed by atoms with Gasteiger partial charge in [0, 0.05) is 32.7 Å². The summed E-state index contributed by atoms with van der Waals surface area (Å²) in [6, 6.07) is 13.9. The minimum absolute atomic E-state index is 0.150. The Morgan fingerprint density at radius 3 is 2.31 bits per heavy atom. The van der Waals surface area contributed by atoms with E-state index in [-0.39, 0.29) is 17.4 Å². The third-order valence-corrected chi connectivity index (χ3v) is 3.96. The predicted molar refractivity (Wildman–Crippen MR) is 105 cm³/mol. The molecule has 134 valence electrons. The zero-order chi connectivity index (χ0) is 18.9. The molecular formula is C20H20ClN3O2. The second kappa shape index (κ2) is 6.84. The molecule has 0 bridgehead atoms. The van der Waals surface area contributed by atoms with Crippen molar-refractivity contribution < 1.29 is 9.59 Å². The third kappa shape index (κ3) is 4.24. The molecule has 1 heterocycles. The topological polar surface area (TPSA) is 74.0 Å². The largest absolute Gasteiger partial charge is 0.351 e. The average Bonchev–Trinajstić information content (AvgIpc) is 2.97. The number of benzene rings is 2. The molecule has 0 fully saturated rings. The van der Waals surface area contributed by atoms with E-state index in [9.17, 15) is 9.59 Å². The van der Waals surface area contributed by atoms with Crippen LogP contribution in [0.5, 0.6) is 0 Å².